The Morgan fingerprint density at radius 3 is 2.16 bits per heavy atom. The van der Waals surface area contributed by atoms with Gasteiger partial charge in [0.25, 0.3) is 5.56 Å². The molecule has 0 radical (unpaired) electrons. The molecule has 0 unspecified atom stereocenters. The maximum Gasteiger partial charge on any atom is 0.275 e. The van der Waals surface area contributed by atoms with E-state index in [0.717, 1.165) is 23.4 Å². The second-order valence-corrected chi connectivity index (χ2v) is 6.05. The number of aromatic amines is 1. The first-order valence-corrected chi connectivity index (χ1v) is 6.76. The molecule has 102 valence electrons. The lowest BCUT2D eigenvalue weighted by molar-refractivity contribution is 0.578. The summed E-state index contributed by atoms with van der Waals surface area (Å²) in [5.74, 6) is 0. The minimum atomic E-state index is -0.144. The van der Waals surface area contributed by atoms with Gasteiger partial charge in [0.1, 0.15) is 0 Å². The van der Waals surface area contributed by atoms with E-state index < -0.39 is 0 Å². The Morgan fingerprint density at radius 2 is 1.74 bits per heavy atom. The number of benzene rings is 1. The number of nitrogens with one attached hydrogen (secondary N) is 1. The van der Waals surface area contributed by atoms with Crippen LogP contribution in [0.5, 0.6) is 0 Å². The number of aryl methyl sites for hydroxylation is 2. The molecule has 0 amide bonds. The van der Waals surface area contributed by atoms with Gasteiger partial charge < -0.3 is 0 Å². The third-order valence-electron chi connectivity index (χ3n) is 3.36. The topological polar surface area (TPSA) is 37.8 Å². The van der Waals surface area contributed by atoms with Gasteiger partial charge in [0.2, 0.25) is 0 Å². The fourth-order valence-electron chi connectivity index (χ4n) is 2.39. The predicted molar refractivity (Wildman–Crippen MR) is 79.2 cm³/mol. The fourth-order valence-corrected chi connectivity index (χ4v) is 2.39. The van der Waals surface area contributed by atoms with Crippen LogP contribution in [0.2, 0.25) is 0 Å². The average molecular weight is 258 g/mol. The van der Waals surface area contributed by atoms with Crippen molar-refractivity contribution in [2.24, 2.45) is 0 Å². The van der Waals surface area contributed by atoms with Crippen molar-refractivity contribution >= 4 is 0 Å². The molecule has 0 saturated carbocycles. The van der Waals surface area contributed by atoms with Crippen LogP contribution in [0.4, 0.5) is 0 Å². The van der Waals surface area contributed by atoms with E-state index in [1.165, 1.54) is 5.56 Å². The molecule has 0 fully saturated rings. The summed E-state index contributed by atoms with van der Waals surface area (Å²) in [6.07, 6.45) is 0.834. The van der Waals surface area contributed by atoms with Crippen LogP contribution in [0.15, 0.2) is 29.1 Å². The van der Waals surface area contributed by atoms with Crippen LogP contribution in [0.25, 0.3) is 5.69 Å². The van der Waals surface area contributed by atoms with Crippen molar-refractivity contribution < 1.29 is 0 Å². The molecular formula is C16H22N2O. The van der Waals surface area contributed by atoms with Gasteiger partial charge in [0.15, 0.2) is 0 Å². The van der Waals surface area contributed by atoms with Crippen LogP contribution in [-0.4, -0.2) is 9.78 Å². The lowest BCUT2D eigenvalue weighted by Crippen LogP contribution is -2.25. The number of hydrogen-bond donors (Lipinski definition) is 1. The van der Waals surface area contributed by atoms with E-state index in [-0.39, 0.29) is 11.0 Å². The van der Waals surface area contributed by atoms with Gasteiger partial charge in [-0.3, -0.25) is 9.89 Å². The average Bonchev–Trinajstić information content (AvgIpc) is 2.67. The van der Waals surface area contributed by atoms with Crippen LogP contribution >= 0.6 is 0 Å². The summed E-state index contributed by atoms with van der Waals surface area (Å²) in [5.41, 5.74) is 3.91. The van der Waals surface area contributed by atoms with Crippen LogP contribution < -0.4 is 5.56 Å². The smallest absolute Gasteiger partial charge is 0.275 e. The third kappa shape index (κ3) is 2.50. The van der Waals surface area contributed by atoms with Crippen molar-refractivity contribution in [1.82, 2.24) is 9.78 Å². The van der Waals surface area contributed by atoms with E-state index in [9.17, 15) is 4.79 Å². The molecule has 0 saturated heterocycles. The monoisotopic (exact) mass is 258 g/mol. The lowest BCUT2D eigenvalue weighted by atomic mass is 9.86. The fraction of sp³-hybridized carbons (Fsp3) is 0.438. The van der Waals surface area contributed by atoms with Crippen molar-refractivity contribution in [3.05, 3.63) is 51.4 Å². The molecule has 3 heteroatoms. The molecule has 0 spiro atoms. The van der Waals surface area contributed by atoms with Gasteiger partial charge in [-0.1, -0.05) is 45.4 Å². The summed E-state index contributed by atoms with van der Waals surface area (Å²) in [5, 5.41) is 3.25. The quantitative estimate of drug-likeness (QED) is 0.881. The highest BCUT2D eigenvalue weighted by molar-refractivity contribution is 5.36. The molecule has 3 nitrogen and oxygen atoms in total. The Labute approximate surface area is 114 Å². The zero-order chi connectivity index (χ0) is 14.2. The van der Waals surface area contributed by atoms with Crippen molar-refractivity contribution in [2.75, 3.05) is 0 Å². The number of hydrogen-bond acceptors (Lipinski definition) is 1. The second-order valence-electron chi connectivity index (χ2n) is 6.05. The van der Waals surface area contributed by atoms with Gasteiger partial charge in [-0.25, -0.2) is 4.68 Å². The van der Waals surface area contributed by atoms with Crippen molar-refractivity contribution in [2.45, 2.75) is 46.5 Å². The normalized spacial score (nSPS) is 11.8. The first-order valence-electron chi connectivity index (χ1n) is 6.76. The van der Waals surface area contributed by atoms with Crippen LogP contribution in [-0.2, 0) is 11.8 Å². The van der Waals surface area contributed by atoms with E-state index in [0.29, 0.717) is 0 Å². The molecule has 0 aliphatic carbocycles. The van der Waals surface area contributed by atoms with Gasteiger partial charge in [0, 0.05) is 11.3 Å². The third-order valence-corrected chi connectivity index (χ3v) is 3.36. The molecule has 1 N–H and O–H groups in total. The molecule has 0 aliphatic rings. The van der Waals surface area contributed by atoms with E-state index in [1.807, 2.05) is 31.2 Å². The molecule has 0 aliphatic heterocycles. The molecule has 0 bridgehead atoms. The van der Waals surface area contributed by atoms with Crippen LogP contribution in [0.1, 0.15) is 44.5 Å². The highest BCUT2D eigenvalue weighted by atomic mass is 16.1. The van der Waals surface area contributed by atoms with Crippen molar-refractivity contribution in [1.29, 1.82) is 0 Å². The van der Waals surface area contributed by atoms with E-state index >= 15 is 0 Å². The lowest BCUT2D eigenvalue weighted by Gasteiger charge is -2.16. The predicted octanol–water partition coefficient (Wildman–Crippen LogP) is 3.33. The summed E-state index contributed by atoms with van der Waals surface area (Å²) in [6, 6.07) is 7.98. The summed E-state index contributed by atoms with van der Waals surface area (Å²) >= 11 is 0. The van der Waals surface area contributed by atoms with E-state index in [1.54, 1.807) is 4.68 Å². The first kappa shape index (κ1) is 13.7. The molecular weight excluding hydrogens is 236 g/mol. The van der Waals surface area contributed by atoms with Crippen molar-refractivity contribution in [3.63, 3.8) is 0 Å². The summed E-state index contributed by atoms with van der Waals surface area (Å²) in [4.78, 5) is 12.6. The molecule has 1 aromatic heterocycles. The zero-order valence-electron chi connectivity index (χ0n) is 12.4. The number of aromatic nitrogens is 2. The molecule has 1 aromatic carbocycles. The minimum absolute atomic E-state index is 0.0632. The van der Waals surface area contributed by atoms with Crippen LogP contribution in [0.3, 0.4) is 0 Å². The SMILES string of the molecule is CCc1[nH]n(-c2ccc(C)cc2)c(=O)c1C(C)(C)C. The Morgan fingerprint density at radius 1 is 1.16 bits per heavy atom. The summed E-state index contributed by atoms with van der Waals surface area (Å²) in [7, 11) is 0. The molecule has 19 heavy (non-hydrogen) atoms. The standard InChI is InChI=1S/C16H22N2O/c1-6-13-14(16(3,4)5)15(19)18(17-13)12-9-7-11(2)8-10-12/h7-10,17H,6H2,1-5H3. The van der Waals surface area contributed by atoms with Crippen LogP contribution in [0, 0.1) is 6.92 Å². The minimum Gasteiger partial charge on any atom is -0.295 e. The summed E-state index contributed by atoms with van der Waals surface area (Å²) < 4.78 is 1.65. The Balaban J connectivity index is 2.64. The highest BCUT2D eigenvalue weighted by Gasteiger charge is 2.25. The number of rotatable bonds is 2. The van der Waals surface area contributed by atoms with Gasteiger partial charge in [-0.05, 0) is 30.9 Å². The van der Waals surface area contributed by atoms with Gasteiger partial charge in [0.05, 0.1) is 5.69 Å². The van der Waals surface area contributed by atoms with Crippen molar-refractivity contribution in [3.8, 4) is 5.69 Å². The van der Waals surface area contributed by atoms with Gasteiger partial charge >= 0.3 is 0 Å². The second kappa shape index (κ2) is 4.72. The largest absolute Gasteiger partial charge is 0.295 e. The Hall–Kier alpha value is -1.77. The molecule has 1 heterocycles. The maximum atomic E-state index is 12.6. The zero-order valence-corrected chi connectivity index (χ0v) is 12.4. The van der Waals surface area contributed by atoms with Gasteiger partial charge in [-0.15, -0.1) is 0 Å². The molecule has 2 rings (SSSR count). The Bertz CT molecular complexity index is 624. The van der Waals surface area contributed by atoms with E-state index in [2.05, 4.69) is 32.8 Å². The number of nitrogens with zero attached hydrogens (tertiary/aromatic N) is 1. The van der Waals surface area contributed by atoms with Gasteiger partial charge in [-0.2, -0.15) is 0 Å². The highest BCUT2D eigenvalue weighted by Crippen LogP contribution is 2.23. The summed E-state index contributed by atoms with van der Waals surface area (Å²) in [6.45, 7) is 10.3. The molecule has 0 atom stereocenters. The van der Waals surface area contributed by atoms with E-state index in [4.69, 9.17) is 0 Å². The Kier molecular flexibility index (Phi) is 3.40. The molecule has 2 aromatic rings. The first-order chi connectivity index (χ1) is 8.84. The number of H-pyrrole nitrogens is 1. The maximum absolute atomic E-state index is 12.6.